The van der Waals surface area contributed by atoms with Gasteiger partial charge in [-0.25, -0.2) is 0 Å². The fourth-order valence-corrected chi connectivity index (χ4v) is 6.44. The molecule has 0 aliphatic carbocycles. The summed E-state index contributed by atoms with van der Waals surface area (Å²) in [6, 6.07) is 30.6. The third-order valence-electron chi connectivity index (χ3n) is 8.01. The van der Waals surface area contributed by atoms with Crippen LogP contribution in [0.3, 0.4) is 0 Å². The third-order valence-corrected chi connectivity index (χ3v) is 8.85. The Labute approximate surface area is 315 Å². The van der Waals surface area contributed by atoms with Crippen molar-refractivity contribution in [1.29, 1.82) is 0 Å². The minimum absolute atomic E-state index is 0.492. The van der Waals surface area contributed by atoms with E-state index in [1.54, 1.807) is 12.4 Å². The molecule has 51 heavy (non-hydrogen) atoms. The van der Waals surface area contributed by atoms with Crippen LogP contribution in [0.2, 0.25) is 0 Å². The number of para-hydroxylation sites is 2. The second-order valence-electron chi connectivity index (χ2n) is 13.9. The molecule has 10 heteroatoms. The minimum Gasteiger partial charge on any atom is -0.418 e. The molecule has 0 radical (unpaired) electrons. The van der Waals surface area contributed by atoms with E-state index in [1.165, 1.54) is 43.4 Å². The number of nitrogens with zero attached hydrogens (tertiary/aromatic N) is 4. The van der Waals surface area contributed by atoms with Crippen LogP contribution in [0, 0.1) is 6.07 Å². The van der Waals surface area contributed by atoms with Crippen LogP contribution in [0.15, 0.2) is 91.3 Å². The number of rotatable bonds is 8. The zero-order valence-corrected chi connectivity index (χ0v) is 33.3. The predicted molar refractivity (Wildman–Crippen MR) is 206 cm³/mol. The van der Waals surface area contributed by atoms with Crippen molar-refractivity contribution in [3.8, 4) is 0 Å². The Hall–Kier alpha value is -3.31. The van der Waals surface area contributed by atoms with E-state index in [2.05, 4.69) is 156 Å². The van der Waals surface area contributed by atoms with Gasteiger partial charge in [-0.1, -0.05) is 6.07 Å². The van der Waals surface area contributed by atoms with Gasteiger partial charge in [0.05, 0.1) is 0 Å². The molecule has 2 heterocycles. The van der Waals surface area contributed by atoms with Crippen molar-refractivity contribution in [3.05, 3.63) is 125 Å². The molecule has 5 rings (SSSR count). The standard InChI is InChI=1S/C27H38N2.C9H12N.C5H5N.BF4.Pd/c1-18(2)22-11-9-12-23(19(3)4)26(22)28-15-16-29(17-28)27-24(20(5)6)13-10-14-25(27)21(7)8;1-10(2)8-9-6-4-3-5-7-9;1-2-4-6-5-3-1;2-1(3,4)5;/h9-14,18-21H,15-16H2,1-8H3;3-6H,8H2,1-2H3;1-5H;;/q;-1;;-1;. The van der Waals surface area contributed by atoms with E-state index < -0.39 is 7.25 Å². The number of aromatic nitrogens is 1. The monoisotopic (exact) mass is 796 g/mol. The maximum Gasteiger partial charge on any atom is 0.673 e. The summed E-state index contributed by atoms with van der Waals surface area (Å²) in [7, 11) is -1.89. The van der Waals surface area contributed by atoms with Crippen molar-refractivity contribution in [2.75, 3.05) is 37.0 Å². The fourth-order valence-electron chi connectivity index (χ4n) is 5.74. The van der Waals surface area contributed by atoms with E-state index in [4.69, 9.17) is 0 Å². The van der Waals surface area contributed by atoms with Crippen LogP contribution in [-0.4, -0.2) is 48.6 Å². The van der Waals surface area contributed by atoms with E-state index in [1.807, 2.05) is 36.4 Å². The molecule has 0 N–H and O–H groups in total. The molecule has 1 fully saturated rings. The average Bonchev–Trinajstić information content (AvgIpc) is 3.44. The van der Waals surface area contributed by atoms with Gasteiger partial charge in [-0.15, -0.1) is 5.56 Å². The number of hydrogen-bond acceptors (Lipinski definition) is 4. The first-order valence-corrected chi connectivity index (χ1v) is 18.3. The maximum absolute atomic E-state index is 9.75. The fraction of sp³-hybridized carbons (Fsp3) is 0.415. The number of anilines is 2. The number of benzene rings is 3. The zero-order chi connectivity index (χ0) is 38.3. The van der Waals surface area contributed by atoms with Gasteiger partial charge < -0.3 is 22.2 Å². The van der Waals surface area contributed by atoms with Gasteiger partial charge in [-0.05, 0) is 26.2 Å². The smallest absolute Gasteiger partial charge is 0.418 e. The zero-order valence-electron chi connectivity index (χ0n) is 31.8. The van der Waals surface area contributed by atoms with E-state index in [0.717, 1.165) is 19.6 Å². The second kappa shape index (κ2) is 21.3. The van der Waals surface area contributed by atoms with Gasteiger partial charge >= 0.3 is 202 Å². The summed E-state index contributed by atoms with van der Waals surface area (Å²) in [5.74, 6) is 1.97. The SMILES string of the molecule is CC(C)c1cccc(C(C)C)c1N1CCN(c2c(C(C)C)cccc2C(C)C)[C]1=[Pd].CN(C)Cc1[c-]cccc1.F[B-](F)(F)F.c1ccncc1. The van der Waals surface area contributed by atoms with Crippen LogP contribution in [0.5, 0.6) is 0 Å². The molecule has 282 valence electrons. The van der Waals surface area contributed by atoms with Crippen molar-refractivity contribution in [3.63, 3.8) is 0 Å². The number of pyridine rings is 1. The van der Waals surface area contributed by atoms with Crippen molar-refractivity contribution in [1.82, 2.24) is 9.88 Å². The van der Waals surface area contributed by atoms with E-state index in [-0.39, 0.29) is 0 Å². The Kier molecular flexibility index (Phi) is 18.3. The van der Waals surface area contributed by atoms with Crippen LogP contribution >= 0.6 is 0 Å². The Bertz CT molecular complexity index is 1440. The summed E-state index contributed by atoms with van der Waals surface area (Å²) in [6.45, 7) is 21.4. The summed E-state index contributed by atoms with van der Waals surface area (Å²) in [5.41, 5.74) is 9.80. The Morgan fingerprint density at radius 3 is 1.29 bits per heavy atom. The molecule has 0 bridgehead atoms. The van der Waals surface area contributed by atoms with Crippen molar-refractivity contribution >= 4 is 22.9 Å². The summed E-state index contributed by atoms with van der Waals surface area (Å²) < 4.78 is 40.2. The molecule has 1 saturated heterocycles. The molecule has 1 aromatic heterocycles. The summed E-state index contributed by atoms with van der Waals surface area (Å²) in [5, 5.41) is 0. The van der Waals surface area contributed by atoms with Crippen molar-refractivity contribution in [2.24, 2.45) is 0 Å². The van der Waals surface area contributed by atoms with Gasteiger partial charge in [0.1, 0.15) is 0 Å². The van der Waals surface area contributed by atoms with Gasteiger partial charge in [-0.3, -0.25) is 4.98 Å². The Morgan fingerprint density at radius 1 is 0.647 bits per heavy atom. The van der Waals surface area contributed by atoms with E-state index >= 15 is 0 Å². The summed E-state index contributed by atoms with van der Waals surface area (Å²) >= 11 is 3.70. The molecule has 0 spiro atoms. The second-order valence-corrected chi connectivity index (χ2v) is 14.6. The minimum atomic E-state index is -6.00. The third kappa shape index (κ3) is 14.7. The first-order chi connectivity index (χ1) is 23.9. The van der Waals surface area contributed by atoms with Gasteiger partial charge in [0.2, 0.25) is 0 Å². The first-order valence-electron chi connectivity index (χ1n) is 17.6. The van der Waals surface area contributed by atoms with E-state index in [0.29, 0.717) is 23.7 Å². The normalized spacial score (nSPS) is 12.9. The van der Waals surface area contributed by atoms with Crippen LogP contribution in [-0.2, 0) is 25.3 Å². The molecule has 4 nitrogen and oxygen atoms in total. The summed E-state index contributed by atoms with van der Waals surface area (Å²) in [6.07, 6.45) is 3.50. The summed E-state index contributed by atoms with van der Waals surface area (Å²) in [4.78, 5) is 11.0. The molecule has 1 aliphatic rings. The van der Waals surface area contributed by atoms with Gasteiger partial charge in [0.15, 0.2) is 0 Å². The Balaban J connectivity index is 0.000000345. The quantitative estimate of drug-likeness (QED) is 0.101. The van der Waals surface area contributed by atoms with Crippen molar-refractivity contribution < 1.29 is 36.0 Å². The predicted octanol–water partition coefficient (Wildman–Crippen LogP) is 11.1. The molecular weight excluding hydrogens is 742 g/mol. The van der Waals surface area contributed by atoms with E-state index in [9.17, 15) is 17.3 Å². The molecule has 0 saturated carbocycles. The van der Waals surface area contributed by atoms with Gasteiger partial charge in [0.25, 0.3) is 0 Å². The van der Waals surface area contributed by atoms with Crippen LogP contribution in [0.4, 0.5) is 28.6 Å². The molecule has 4 aromatic rings. The molecule has 1 aliphatic heterocycles. The maximum atomic E-state index is 9.75. The molecule has 0 amide bonds. The van der Waals surface area contributed by atoms with Gasteiger partial charge in [-0.2, -0.15) is 30.3 Å². The average molecular weight is 797 g/mol. The Morgan fingerprint density at radius 2 is 1.04 bits per heavy atom. The molecule has 0 unspecified atom stereocenters. The van der Waals surface area contributed by atoms with Crippen LogP contribution in [0.25, 0.3) is 0 Å². The van der Waals surface area contributed by atoms with Crippen LogP contribution in [0.1, 0.15) is 107 Å². The van der Waals surface area contributed by atoms with Crippen molar-refractivity contribution in [2.45, 2.75) is 85.6 Å². The first kappa shape index (κ1) is 43.8. The molecule has 0 atom stereocenters. The molecule has 3 aromatic carbocycles. The van der Waals surface area contributed by atoms with Gasteiger partial charge in [0, 0.05) is 18.9 Å². The largest absolute Gasteiger partial charge is 0.673 e. The number of hydrogen-bond donors (Lipinski definition) is 0. The van der Waals surface area contributed by atoms with Crippen LogP contribution < -0.4 is 9.80 Å². The topological polar surface area (TPSA) is 22.6 Å². The molecular formula is C41H55BF4N4Pd-2. The number of halogens is 4.